The highest BCUT2D eigenvalue weighted by Gasteiger charge is 2.18. The zero-order valence-electron chi connectivity index (χ0n) is 10.5. The van der Waals surface area contributed by atoms with Gasteiger partial charge in [-0.2, -0.15) is 0 Å². The van der Waals surface area contributed by atoms with E-state index in [2.05, 4.69) is 11.9 Å². The normalized spacial score (nSPS) is 15.6. The fraction of sp³-hybridized carbons (Fsp3) is 0.400. The summed E-state index contributed by atoms with van der Waals surface area (Å²) < 4.78 is 0. The van der Waals surface area contributed by atoms with Crippen LogP contribution in [-0.4, -0.2) is 17.6 Å². The smallest absolute Gasteiger partial charge is 0.253 e. The first kappa shape index (κ1) is 12.8. The largest absolute Gasteiger partial charge is 0.378 e. The van der Waals surface area contributed by atoms with E-state index in [9.17, 15) is 9.90 Å². The minimum absolute atomic E-state index is 0.370. The minimum atomic E-state index is -1.09. The lowest BCUT2D eigenvalue weighted by molar-refractivity contribution is -0.129. The van der Waals surface area contributed by atoms with E-state index >= 15 is 0 Å². The molecule has 1 aliphatic rings. The summed E-state index contributed by atoms with van der Waals surface area (Å²) in [6, 6.07) is 5.85. The zero-order valence-corrected chi connectivity index (χ0v) is 10.5. The Bertz CT molecular complexity index is 454. The fourth-order valence-electron chi connectivity index (χ4n) is 2.34. The summed E-state index contributed by atoms with van der Waals surface area (Å²) in [6.45, 7) is 3.90. The van der Waals surface area contributed by atoms with Gasteiger partial charge in [-0.05, 0) is 42.4 Å². The van der Waals surface area contributed by atoms with Crippen LogP contribution in [-0.2, 0) is 17.6 Å². The molecular weight excluding hydrogens is 226 g/mol. The number of carbonyl (C=O) groups is 1. The first-order valence-corrected chi connectivity index (χ1v) is 6.40. The summed E-state index contributed by atoms with van der Waals surface area (Å²) in [5, 5.41) is 12.6. The maximum absolute atomic E-state index is 11.7. The molecule has 1 aromatic carbocycles. The van der Waals surface area contributed by atoms with E-state index in [4.69, 9.17) is 0 Å². The summed E-state index contributed by atoms with van der Waals surface area (Å²) in [5.41, 5.74) is 3.30. The van der Waals surface area contributed by atoms with Crippen molar-refractivity contribution in [3.63, 3.8) is 0 Å². The molecule has 0 aliphatic heterocycles. The summed E-state index contributed by atoms with van der Waals surface area (Å²) >= 11 is 0. The standard InChI is InChI=1S/C15H19NO2/c1-2-9-16-15(18)14(17)13-8-7-11-5-3-4-6-12(11)10-13/h2,7-8,10,14,17H,1,3-6,9H2,(H,16,18). The van der Waals surface area contributed by atoms with Crippen molar-refractivity contribution in [3.8, 4) is 0 Å². The van der Waals surface area contributed by atoms with Gasteiger partial charge in [-0.3, -0.25) is 4.79 Å². The number of amides is 1. The van der Waals surface area contributed by atoms with E-state index in [0.717, 1.165) is 12.8 Å². The Morgan fingerprint density at radius 3 is 2.83 bits per heavy atom. The van der Waals surface area contributed by atoms with Gasteiger partial charge in [0.1, 0.15) is 0 Å². The molecule has 2 N–H and O–H groups in total. The predicted octanol–water partition coefficient (Wildman–Crippen LogP) is 1.90. The van der Waals surface area contributed by atoms with Crippen LogP contribution in [0.1, 0.15) is 35.6 Å². The minimum Gasteiger partial charge on any atom is -0.378 e. The molecule has 1 aliphatic carbocycles. The van der Waals surface area contributed by atoms with Crippen LogP contribution in [0.3, 0.4) is 0 Å². The van der Waals surface area contributed by atoms with Crippen molar-refractivity contribution in [2.75, 3.05) is 6.54 Å². The van der Waals surface area contributed by atoms with E-state index in [1.165, 1.54) is 24.0 Å². The predicted molar refractivity (Wildman–Crippen MR) is 71.3 cm³/mol. The van der Waals surface area contributed by atoms with Gasteiger partial charge >= 0.3 is 0 Å². The second-order valence-corrected chi connectivity index (χ2v) is 4.67. The number of carbonyl (C=O) groups excluding carboxylic acids is 1. The molecule has 0 radical (unpaired) electrons. The van der Waals surface area contributed by atoms with Gasteiger partial charge < -0.3 is 10.4 Å². The third kappa shape index (κ3) is 2.79. The van der Waals surface area contributed by atoms with Crippen molar-refractivity contribution >= 4 is 5.91 Å². The maximum atomic E-state index is 11.7. The maximum Gasteiger partial charge on any atom is 0.253 e. The van der Waals surface area contributed by atoms with Crippen molar-refractivity contribution in [1.82, 2.24) is 5.32 Å². The van der Waals surface area contributed by atoms with Gasteiger partial charge in [-0.1, -0.05) is 24.3 Å². The molecule has 1 unspecified atom stereocenters. The van der Waals surface area contributed by atoms with Crippen molar-refractivity contribution in [2.24, 2.45) is 0 Å². The van der Waals surface area contributed by atoms with Gasteiger partial charge in [-0.25, -0.2) is 0 Å². The Morgan fingerprint density at radius 2 is 2.11 bits per heavy atom. The second kappa shape index (κ2) is 5.83. The van der Waals surface area contributed by atoms with Crippen LogP contribution in [0.25, 0.3) is 0 Å². The molecular formula is C15H19NO2. The number of benzene rings is 1. The van der Waals surface area contributed by atoms with Crippen molar-refractivity contribution < 1.29 is 9.90 Å². The van der Waals surface area contributed by atoms with Gasteiger partial charge in [0.2, 0.25) is 0 Å². The van der Waals surface area contributed by atoms with Gasteiger partial charge in [0, 0.05) is 6.54 Å². The number of hydrogen-bond acceptors (Lipinski definition) is 2. The Kier molecular flexibility index (Phi) is 4.15. The Labute approximate surface area is 108 Å². The summed E-state index contributed by atoms with van der Waals surface area (Å²) in [5.74, 6) is -0.370. The van der Waals surface area contributed by atoms with Crippen LogP contribution in [0.5, 0.6) is 0 Å². The van der Waals surface area contributed by atoms with Crippen molar-refractivity contribution in [1.29, 1.82) is 0 Å². The van der Waals surface area contributed by atoms with E-state index in [-0.39, 0.29) is 5.91 Å². The molecule has 3 nitrogen and oxygen atoms in total. The van der Waals surface area contributed by atoms with Crippen LogP contribution in [0, 0.1) is 0 Å². The van der Waals surface area contributed by atoms with E-state index in [1.54, 1.807) is 6.08 Å². The number of nitrogens with one attached hydrogen (secondary N) is 1. The van der Waals surface area contributed by atoms with Gasteiger partial charge in [0.25, 0.3) is 5.91 Å². The SMILES string of the molecule is C=CCNC(=O)C(O)c1ccc2c(c1)CCCC2. The lowest BCUT2D eigenvalue weighted by Crippen LogP contribution is -2.29. The average Bonchev–Trinajstić information content (AvgIpc) is 2.43. The lowest BCUT2D eigenvalue weighted by atomic mass is 9.89. The molecule has 1 amide bonds. The van der Waals surface area contributed by atoms with E-state index in [1.807, 2.05) is 18.2 Å². The molecule has 0 heterocycles. The molecule has 96 valence electrons. The first-order valence-electron chi connectivity index (χ1n) is 6.40. The summed E-state index contributed by atoms with van der Waals surface area (Å²) in [6.07, 6.45) is 5.08. The molecule has 0 aromatic heterocycles. The van der Waals surface area contributed by atoms with Crippen LogP contribution in [0.2, 0.25) is 0 Å². The molecule has 1 aromatic rings. The lowest BCUT2D eigenvalue weighted by Gasteiger charge is -2.18. The summed E-state index contributed by atoms with van der Waals surface area (Å²) in [7, 11) is 0. The fourth-order valence-corrected chi connectivity index (χ4v) is 2.34. The highest BCUT2D eigenvalue weighted by Crippen LogP contribution is 2.24. The molecule has 0 saturated heterocycles. The second-order valence-electron chi connectivity index (χ2n) is 4.67. The first-order chi connectivity index (χ1) is 8.72. The Balaban J connectivity index is 2.12. The molecule has 0 spiro atoms. The average molecular weight is 245 g/mol. The molecule has 2 rings (SSSR count). The number of fused-ring (bicyclic) bond motifs is 1. The van der Waals surface area contributed by atoms with Crippen LogP contribution in [0.4, 0.5) is 0 Å². The number of rotatable bonds is 4. The molecule has 0 saturated carbocycles. The Morgan fingerprint density at radius 1 is 1.39 bits per heavy atom. The molecule has 0 fully saturated rings. The third-order valence-corrected chi connectivity index (χ3v) is 3.36. The molecule has 3 heteroatoms. The summed E-state index contributed by atoms with van der Waals surface area (Å²) in [4.78, 5) is 11.7. The topological polar surface area (TPSA) is 49.3 Å². The molecule has 1 atom stereocenters. The molecule has 0 bridgehead atoms. The van der Waals surface area contributed by atoms with Crippen molar-refractivity contribution in [3.05, 3.63) is 47.5 Å². The number of aryl methyl sites for hydroxylation is 2. The quantitative estimate of drug-likeness (QED) is 0.796. The zero-order chi connectivity index (χ0) is 13.0. The third-order valence-electron chi connectivity index (χ3n) is 3.36. The van der Waals surface area contributed by atoms with Gasteiger partial charge in [0.05, 0.1) is 0 Å². The number of aliphatic hydroxyl groups is 1. The van der Waals surface area contributed by atoms with Crippen LogP contribution in [0.15, 0.2) is 30.9 Å². The van der Waals surface area contributed by atoms with Crippen LogP contribution >= 0.6 is 0 Å². The monoisotopic (exact) mass is 245 g/mol. The van der Waals surface area contributed by atoms with Gasteiger partial charge in [0.15, 0.2) is 6.10 Å². The highest BCUT2D eigenvalue weighted by atomic mass is 16.3. The van der Waals surface area contributed by atoms with E-state index in [0.29, 0.717) is 12.1 Å². The van der Waals surface area contributed by atoms with Crippen LogP contribution < -0.4 is 5.32 Å². The Hall–Kier alpha value is -1.61. The number of hydrogen-bond donors (Lipinski definition) is 2. The highest BCUT2D eigenvalue weighted by molar-refractivity contribution is 5.82. The van der Waals surface area contributed by atoms with Gasteiger partial charge in [-0.15, -0.1) is 6.58 Å². The number of aliphatic hydroxyl groups excluding tert-OH is 1. The molecule has 18 heavy (non-hydrogen) atoms. The van der Waals surface area contributed by atoms with E-state index < -0.39 is 6.10 Å². The van der Waals surface area contributed by atoms with Crippen molar-refractivity contribution in [2.45, 2.75) is 31.8 Å².